The number of carbonyl (C=O) groups is 1. The zero-order valence-electron chi connectivity index (χ0n) is 10.9. The molecule has 5 nitrogen and oxygen atoms in total. The van der Waals surface area contributed by atoms with Crippen LogP contribution in [0.4, 0.5) is 5.95 Å². The highest BCUT2D eigenvalue weighted by atomic mass is 16.5. The first-order chi connectivity index (χ1) is 8.06. The summed E-state index contributed by atoms with van der Waals surface area (Å²) in [7, 11) is 0. The van der Waals surface area contributed by atoms with Gasteiger partial charge in [0.15, 0.2) is 0 Å². The highest BCUT2D eigenvalue weighted by Gasteiger charge is 2.13. The minimum atomic E-state index is -0.253. The number of nitrogens with zero attached hydrogens (tertiary/aromatic N) is 3. The van der Waals surface area contributed by atoms with E-state index >= 15 is 0 Å². The van der Waals surface area contributed by atoms with Crippen molar-refractivity contribution in [1.29, 1.82) is 0 Å². The average Bonchev–Trinajstić information content (AvgIpc) is 2.24. The van der Waals surface area contributed by atoms with Crippen LogP contribution in [-0.4, -0.2) is 35.6 Å². The van der Waals surface area contributed by atoms with Crippen molar-refractivity contribution in [3.63, 3.8) is 0 Å². The van der Waals surface area contributed by atoms with E-state index in [0.29, 0.717) is 19.1 Å². The third-order valence-electron chi connectivity index (χ3n) is 2.26. The maximum atomic E-state index is 11.4. The fourth-order valence-electron chi connectivity index (χ4n) is 1.54. The van der Waals surface area contributed by atoms with E-state index in [-0.39, 0.29) is 12.5 Å². The minimum absolute atomic E-state index is 0.188. The Labute approximate surface area is 102 Å². The monoisotopic (exact) mass is 237 g/mol. The summed E-state index contributed by atoms with van der Waals surface area (Å²) in [6.45, 7) is 8.83. The van der Waals surface area contributed by atoms with Gasteiger partial charge in [-0.15, -0.1) is 0 Å². The highest BCUT2D eigenvalue weighted by molar-refractivity contribution is 5.74. The molecule has 1 rings (SSSR count). The van der Waals surface area contributed by atoms with Gasteiger partial charge in [0, 0.05) is 17.9 Å². The Morgan fingerprint density at radius 3 is 2.35 bits per heavy atom. The summed E-state index contributed by atoms with van der Waals surface area (Å²) in [6.07, 6.45) is 0. The fraction of sp³-hybridized carbons (Fsp3) is 0.583. The molecule has 1 heterocycles. The van der Waals surface area contributed by atoms with Crippen molar-refractivity contribution in [3.8, 4) is 0 Å². The Morgan fingerprint density at radius 2 is 1.88 bits per heavy atom. The van der Waals surface area contributed by atoms with Gasteiger partial charge in [-0.05, 0) is 33.8 Å². The molecule has 0 aliphatic heterocycles. The molecule has 0 unspecified atom stereocenters. The summed E-state index contributed by atoms with van der Waals surface area (Å²) in [4.78, 5) is 21.9. The standard InChI is InChI=1S/C12H19N3O2/c1-5-15(8-11(16)17-6-2)12-13-9(3)7-10(4)14-12/h7H,5-6,8H2,1-4H3. The first-order valence-electron chi connectivity index (χ1n) is 5.79. The van der Waals surface area contributed by atoms with Crippen molar-refractivity contribution in [2.75, 3.05) is 24.6 Å². The van der Waals surface area contributed by atoms with Crippen LogP contribution in [0.2, 0.25) is 0 Å². The van der Waals surface area contributed by atoms with E-state index in [0.717, 1.165) is 11.4 Å². The number of aryl methyl sites for hydroxylation is 2. The molecule has 0 aromatic carbocycles. The van der Waals surface area contributed by atoms with E-state index in [1.54, 1.807) is 11.8 Å². The van der Waals surface area contributed by atoms with Crippen LogP contribution in [-0.2, 0) is 9.53 Å². The minimum Gasteiger partial charge on any atom is -0.465 e. The van der Waals surface area contributed by atoms with Gasteiger partial charge in [-0.25, -0.2) is 9.97 Å². The van der Waals surface area contributed by atoms with Gasteiger partial charge in [-0.3, -0.25) is 4.79 Å². The molecule has 0 aliphatic carbocycles. The molecule has 5 heteroatoms. The molecule has 0 saturated carbocycles. The third kappa shape index (κ3) is 4.01. The van der Waals surface area contributed by atoms with E-state index in [1.165, 1.54) is 0 Å². The lowest BCUT2D eigenvalue weighted by atomic mass is 10.3. The SMILES string of the molecule is CCOC(=O)CN(CC)c1nc(C)cc(C)n1. The van der Waals surface area contributed by atoms with Gasteiger partial charge >= 0.3 is 5.97 Å². The summed E-state index contributed by atoms with van der Waals surface area (Å²) >= 11 is 0. The summed E-state index contributed by atoms with van der Waals surface area (Å²) in [5.74, 6) is 0.329. The van der Waals surface area contributed by atoms with Gasteiger partial charge in [0.2, 0.25) is 5.95 Å². The molecule has 0 aliphatic rings. The lowest BCUT2D eigenvalue weighted by Gasteiger charge is -2.20. The van der Waals surface area contributed by atoms with Crippen LogP contribution in [0.1, 0.15) is 25.2 Å². The summed E-state index contributed by atoms with van der Waals surface area (Å²) in [6, 6.07) is 1.90. The molecular formula is C12H19N3O2. The number of aromatic nitrogens is 2. The average molecular weight is 237 g/mol. The number of carbonyl (C=O) groups excluding carboxylic acids is 1. The molecule has 17 heavy (non-hydrogen) atoms. The zero-order valence-corrected chi connectivity index (χ0v) is 10.9. The lowest BCUT2D eigenvalue weighted by molar-refractivity contribution is -0.141. The van der Waals surface area contributed by atoms with Crippen LogP contribution in [0.3, 0.4) is 0 Å². The molecule has 1 aromatic rings. The van der Waals surface area contributed by atoms with Crippen LogP contribution in [0.25, 0.3) is 0 Å². The fourth-order valence-corrected chi connectivity index (χ4v) is 1.54. The molecule has 0 bridgehead atoms. The van der Waals surface area contributed by atoms with Gasteiger partial charge in [0.05, 0.1) is 6.61 Å². The normalized spacial score (nSPS) is 10.1. The lowest BCUT2D eigenvalue weighted by Crippen LogP contribution is -2.32. The van der Waals surface area contributed by atoms with E-state index in [2.05, 4.69) is 9.97 Å². The molecule has 0 amide bonds. The third-order valence-corrected chi connectivity index (χ3v) is 2.26. The number of likely N-dealkylation sites (N-methyl/N-ethyl adjacent to an activating group) is 1. The van der Waals surface area contributed by atoms with E-state index in [4.69, 9.17) is 4.74 Å². The summed E-state index contributed by atoms with van der Waals surface area (Å²) in [5, 5.41) is 0. The number of ether oxygens (including phenoxy) is 1. The topological polar surface area (TPSA) is 55.3 Å². The Kier molecular flexibility index (Phi) is 4.87. The summed E-state index contributed by atoms with van der Waals surface area (Å²) in [5.41, 5.74) is 1.80. The largest absolute Gasteiger partial charge is 0.465 e. The second-order valence-corrected chi connectivity index (χ2v) is 3.77. The summed E-state index contributed by atoms with van der Waals surface area (Å²) < 4.78 is 4.92. The van der Waals surface area contributed by atoms with Crippen molar-refractivity contribution >= 4 is 11.9 Å². The van der Waals surface area contributed by atoms with Gasteiger partial charge in [0.1, 0.15) is 6.54 Å². The number of anilines is 1. The molecule has 1 aromatic heterocycles. The smallest absolute Gasteiger partial charge is 0.325 e. The Morgan fingerprint density at radius 1 is 1.29 bits per heavy atom. The second-order valence-electron chi connectivity index (χ2n) is 3.77. The Bertz CT molecular complexity index is 373. The van der Waals surface area contributed by atoms with Crippen molar-refractivity contribution in [2.45, 2.75) is 27.7 Å². The molecule has 0 fully saturated rings. The van der Waals surface area contributed by atoms with Gasteiger partial charge < -0.3 is 9.64 Å². The van der Waals surface area contributed by atoms with E-state index in [9.17, 15) is 4.79 Å². The number of hydrogen-bond acceptors (Lipinski definition) is 5. The highest BCUT2D eigenvalue weighted by Crippen LogP contribution is 2.09. The van der Waals surface area contributed by atoms with Gasteiger partial charge in [-0.2, -0.15) is 0 Å². The van der Waals surface area contributed by atoms with Gasteiger partial charge in [-0.1, -0.05) is 0 Å². The molecular weight excluding hydrogens is 218 g/mol. The van der Waals surface area contributed by atoms with Crippen LogP contribution in [0.5, 0.6) is 0 Å². The van der Waals surface area contributed by atoms with Crippen molar-refractivity contribution < 1.29 is 9.53 Å². The van der Waals surface area contributed by atoms with E-state index < -0.39 is 0 Å². The second kappa shape index (κ2) is 6.18. The molecule has 94 valence electrons. The van der Waals surface area contributed by atoms with Gasteiger partial charge in [0.25, 0.3) is 0 Å². The number of rotatable bonds is 5. The van der Waals surface area contributed by atoms with Crippen LogP contribution in [0.15, 0.2) is 6.07 Å². The van der Waals surface area contributed by atoms with E-state index in [1.807, 2.05) is 26.8 Å². The van der Waals surface area contributed by atoms with Crippen molar-refractivity contribution in [3.05, 3.63) is 17.5 Å². The maximum absolute atomic E-state index is 11.4. The molecule has 0 saturated heterocycles. The van der Waals surface area contributed by atoms with Crippen LogP contribution >= 0.6 is 0 Å². The van der Waals surface area contributed by atoms with Crippen molar-refractivity contribution in [2.24, 2.45) is 0 Å². The molecule has 0 spiro atoms. The molecule has 0 N–H and O–H groups in total. The quantitative estimate of drug-likeness (QED) is 0.726. The zero-order chi connectivity index (χ0) is 12.8. The van der Waals surface area contributed by atoms with Crippen molar-refractivity contribution in [1.82, 2.24) is 9.97 Å². The van der Waals surface area contributed by atoms with Crippen LogP contribution in [0, 0.1) is 13.8 Å². The van der Waals surface area contributed by atoms with Crippen LogP contribution < -0.4 is 4.90 Å². The predicted octanol–water partition coefficient (Wildman–Crippen LogP) is 1.48. The maximum Gasteiger partial charge on any atom is 0.325 e. The first kappa shape index (κ1) is 13.4. The number of esters is 1. The predicted molar refractivity (Wildman–Crippen MR) is 66.0 cm³/mol. The molecule has 0 radical (unpaired) electrons. The Balaban J connectivity index is 2.82. The molecule has 0 atom stereocenters. The Hall–Kier alpha value is -1.65. The number of hydrogen-bond donors (Lipinski definition) is 0. The first-order valence-corrected chi connectivity index (χ1v) is 5.79.